The first-order valence-corrected chi connectivity index (χ1v) is 7.25. The molecule has 0 aromatic heterocycles. The van der Waals surface area contributed by atoms with Crippen molar-refractivity contribution in [2.45, 2.75) is 19.4 Å². The van der Waals surface area contributed by atoms with Crippen LogP contribution >= 0.6 is 0 Å². The zero-order valence-corrected chi connectivity index (χ0v) is 12.3. The minimum Gasteiger partial charge on any atom is -0.392 e. The van der Waals surface area contributed by atoms with Crippen LogP contribution in [0.15, 0.2) is 24.3 Å². The Bertz CT molecular complexity index is 511. The molecule has 112 valence electrons. The van der Waals surface area contributed by atoms with E-state index in [0.717, 1.165) is 18.7 Å². The van der Waals surface area contributed by atoms with E-state index >= 15 is 0 Å². The van der Waals surface area contributed by atoms with Gasteiger partial charge in [-0.15, -0.1) is 0 Å². The van der Waals surface area contributed by atoms with Crippen LogP contribution in [0.3, 0.4) is 0 Å². The van der Waals surface area contributed by atoms with Crippen molar-refractivity contribution in [1.29, 1.82) is 5.26 Å². The Morgan fingerprint density at radius 2 is 1.90 bits per heavy atom. The van der Waals surface area contributed by atoms with Crippen molar-refractivity contribution in [1.82, 2.24) is 9.80 Å². The zero-order valence-electron chi connectivity index (χ0n) is 12.3. The number of β-amino-alcohol motifs (C(OH)–C–C–N with tert-alkyl or cyclic N) is 1. The van der Waals surface area contributed by atoms with Crippen LogP contribution in [0.1, 0.15) is 18.1 Å². The number of nitriles is 1. The molecule has 1 fully saturated rings. The number of rotatable bonds is 4. The van der Waals surface area contributed by atoms with Gasteiger partial charge in [-0.05, 0) is 24.6 Å². The number of aliphatic hydroxyl groups is 1. The summed E-state index contributed by atoms with van der Waals surface area (Å²) in [5.74, 6) is 0.122. The van der Waals surface area contributed by atoms with Crippen LogP contribution in [0.25, 0.3) is 0 Å². The molecule has 1 aliphatic heterocycles. The number of piperazine rings is 1. The standard InChI is InChI=1S/C16H21N3O2/c1-13(20)12-18-6-8-19(9-7-18)16(21)10-14-2-4-15(11-17)5-3-14/h2-5,13,20H,6-10,12H2,1H3. The molecule has 2 rings (SSSR count). The number of carbonyl (C=O) groups excluding carboxylic acids is 1. The van der Waals surface area contributed by atoms with E-state index in [1.165, 1.54) is 0 Å². The second-order valence-corrected chi connectivity index (χ2v) is 5.52. The van der Waals surface area contributed by atoms with Gasteiger partial charge in [0.15, 0.2) is 0 Å². The summed E-state index contributed by atoms with van der Waals surface area (Å²) in [5, 5.41) is 18.1. The first-order chi connectivity index (χ1) is 10.1. The molecule has 1 aromatic carbocycles. The van der Waals surface area contributed by atoms with Gasteiger partial charge in [0.05, 0.1) is 24.2 Å². The third-order valence-corrected chi connectivity index (χ3v) is 3.69. The van der Waals surface area contributed by atoms with E-state index in [2.05, 4.69) is 11.0 Å². The number of aliphatic hydroxyl groups excluding tert-OH is 1. The highest BCUT2D eigenvalue weighted by molar-refractivity contribution is 5.78. The molecule has 1 atom stereocenters. The van der Waals surface area contributed by atoms with Crippen LogP contribution in [0.2, 0.25) is 0 Å². The highest BCUT2D eigenvalue weighted by atomic mass is 16.3. The van der Waals surface area contributed by atoms with Gasteiger partial charge < -0.3 is 10.0 Å². The maximum Gasteiger partial charge on any atom is 0.227 e. The Kier molecular flexibility index (Phi) is 5.32. The lowest BCUT2D eigenvalue weighted by atomic mass is 10.1. The number of amides is 1. The van der Waals surface area contributed by atoms with E-state index in [1.54, 1.807) is 19.1 Å². The summed E-state index contributed by atoms with van der Waals surface area (Å²) in [6.45, 7) is 5.48. The molecule has 5 heteroatoms. The summed E-state index contributed by atoms with van der Waals surface area (Å²) < 4.78 is 0. The van der Waals surface area contributed by atoms with Gasteiger partial charge in [-0.25, -0.2) is 0 Å². The number of hydrogen-bond acceptors (Lipinski definition) is 4. The highest BCUT2D eigenvalue weighted by Crippen LogP contribution is 2.09. The van der Waals surface area contributed by atoms with Crippen LogP contribution in [0, 0.1) is 11.3 Å². The number of carbonyl (C=O) groups is 1. The molecule has 0 aliphatic carbocycles. The minimum atomic E-state index is -0.328. The highest BCUT2D eigenvalue weighted by Gasteiger charge is 2.21. The molecule has 0 radical (unpaired) electrons. The third-order valence-electron chi connectivity index (χ3n) is 3.69. The van der Waals surface area contributed by atoms with E-state index in [4.69, 9.17) is 5.26 Å². The van der Waals surface area contributed by atoms with Gasteiger partial charge >= 0.3 is 0 Å². The fourth-order valence-corrected chi connectivity index (χ4v) is 2.54. The third kappa shape index (κ3) is 4.55. The average molecular weight is 287 g/mol. The minimum absolute atomic E-state index is 0.122. The van der Waals surface area contributed by atoms with Gasteiger partial charge in [-0.1, -0.05) is 12.1 Å². The predicted molar refractivity (Wildman–Crippen MR) is 79.6 cm³/mol. The smallest absolute Gasteiger partial charge is 0.227 e. The van der Waals surface area contributed by atoms with Crippen molar-refractivity contribution in [3.63, 3.8) is 0 Å². The number of benzene rings is 1. The lowest BCUT2D eigenvalue weighted by molar-refractivity contribution is -0.132. The second-order valence-electron chi connectivity index (χ2n) is 5.52. The largest absolute Gasteiger partial charge is 0.392 e. The van der Waals surface area contributed by atoms with Crippen LogP contribution < -0.4 is 0 Å². The summed E-state index contributed by atoms with van der Waals surface area (Å²) in [7, 11) is 0. The van der Waals surface area contributed by atoms with Gasteiger partial charge in [0.25, 0.3) is 0 Å². The van der Waals surface area contributed by atoms with Gasteiger partial charge in [0.1, 0.15) is 0 Å². The van der Waals surface area contributed by atoms with Gasteiger partial charge in [0.2, 0.25) is 5.91 Å². The molecule has 21 heavy (non-hydrogen) atoms. The predicted octanol–water partition coefficient (Wildman–Crippen LogP) is 0.626. The number of nitrogens with zero attached hydrogens (tertiary/aromatic N) is 3. The van der Waals surface area contributed by atoms with Crippen molar-refractivity contribution in [3.05, 3.63) is 35.4 Å². The second kappa shape index (κ2) is 7.21. The zero-order chi connectivity index (χ0) is 15.2. The molecule has 1 N–H and O–H groups in total. The first-order valence-electron chi connectivity index (χ1n) is 7.25. The van der Waals surface area contributed by atoms with Crippen molar-refractivity contribution in [3.8, 4) is 6.07 Å². The molecular weight excluding hydrogens is 266 g/mol. The van der Waals surface area contributed by atoms with E-state index < -0.39 is 0 Å². The summed E-state index contributed by atoms with van der Waals surface area (Å²) in [4.78, 5) is 16.3. The molecule has 1 aromatic rings. The maximum absolute atomic E-state index is 12.2. The molecule has 1 aliphatic rings. The van der Waals surface area contributed by atoms with Crippen LogP contribution in [0.4, 0.5) is 0 Å². The average Bonchev–Trinajstić information content (AvgIpc) is 2.48. The lowest BCUT2D eigenvalue weighted by Gasteiger charge is -2.35. The summed E-state index contributed by atoms with van der Waals surface area (Å²) in [6, 6.07) is 9.22. The normalized spacial score (nSPS) is 17.3. The molecule has 5 nitrogen and oxygen atoms in total. The van der Waals surface area contributed by atoms with Crippen LogP contribution in [0.5, 0.6) is 0 Å². The molecule has 1 amide bonds. The fourth-order valence-electron chi connectivity index (χ4n) is 2.54. The topological polar surface area (TPSA) is 67.6 Å². The summed E-state index contributed by atoms with van der Waals surface area (Å²) >= 11 is 0. The Hall–Kier alpha value is -1.90. The van der Waals surface area contributed by atoms with Crippen LogP contribution in [-0.2, 0) is 11.2 Å². The molecule has 1 unspecified atom stereocenters. The first kappa shape index (κ1) is 15.5. The Morgan fingerprint density at radius 1 is 1.29 bits per heavy atom. The molecule has 1 saturated heterocycles. The summed E-state index contributed by atoms with van der Waals surface area (Å²) in [6.07, 6.45) is 0.0492. The molecular formula is C16H21N3O2. The molecule has 0 bridgehead atoms. The Labute approximate surface area is 125 Å². The maximum atomic E-state index is 12.2. The number of hydrogen-bond donors (Lipinski definition) is 1. The van der Waals surface area contributed by atoms with E-state index in [9.17, 15) is 9.90 Å². The van der Waals surface area contributed by atoms with E-state index in [1.807, 2.05) is 17.0 Å². The Morgan fingerprint density at radius 3 is 2.43 bits per heavy atom. The summed E-state index contributed by atoms with van der Waals surface area (Å²) in [5.41, 5.74) is 1.54. The van der Waals surface area contributed by atoms with Crippen molar-refractivity contribution >= 4 is 5.91 Å². The molecule has 0 spiro atoms. The lowest BCUT2D eigenvalue weighted by Crippen LogP contribution is -2.50. The SMILES string of the molecule is CC(O)CN1CCN(C(=O)Cc2ccc(C#N)cc2)CC1. The quantitative estimate of drug-likeness (QED) is 0.882. The van der Waals surface area contributed by atoms with Gasteiger partial charge in [0, 0.05) is 32.7 Å². The molecule has 0 saturated carbocycles. The van der Waals surface area contributed by atoms with Crippen molar-refractivity contribution in [2.24, 2.45) is 0 Å². The van der Waals surface area contributed by atoms with E-state index in [-0.39, 0.29) is 12.0 Å². The van der Waals surface area contributed by atoms with Gasteiger partial charge in [-0.3, -0.25) is 9.69 Å². The van der Waals surface area contributed by atoms with Crippen molar-refractivity contribution < 1.29 is 9.90 Å². The fraction of sp³-hybridized carbons (Fsp3) is 0.500. The monoisotopic (exact) mass is 287 g/mol. The van der Waals surface area contributed by atoms with Gasteiger partial charge in [-0.2, -0.15) is 5.26 Å². The van der Waals surface area contributed by atoms with Crippen molar-refractivity contribution in [2.75, 3.05) is 32.7 Å². The molecule has 1 heterocycles. The van der Waals surface area contributed by atoms with Crippen LogP contribution in [-0.4, -0.2) is 59.6 Å². The van der Waals surface area contributed by atoms with E-state index in [0.29, 0.717) is 31.6 Å². The Balaban J connectivity index is 1.83.